The van der Waals surface area contributed by atoms with Crippen LogP contribution < -0.4 is 4.74 Å². The van der Waals surface area contributed by atoms with Gasteiger partial charge in [-0.05, 0) is 50.3 Å². The first-order valence-electron chi connectivity index (χ1n) is 7.82. The molecule has 0 aliphatic carbocycles. The Labute approximate surface area is 148 Å². The fourth-order valence-electron chi connectivity index (χ4n) is 2.72. The zero-order valence-electron chi connectivity index (χ0n) is 13.9. The molecule has 0 radical (unpaired) electrons. The molecule has 0 bridgehead atoms. The van der Waals surface area contributed by atoms with Crippen molar-refractivity contribution in [2.75, 3.05) is 19.7 Å². The largest absolute Gasteiger partial charge is 0.435 e. The number of aromatic nitrogens is 2. The smallest absolute Gasteiger partial charge is 0.387 e. The predicted molar refractivity (Wildman–Crippen MR) is 89.0 cm³/mol. The van der Waals surface area contributed by atoms with Crippen LogP contribution in [0.25, 0.3) is 11.5 Å². The molecule has 0 amide bonds. The van der Waals surface area contributed by atoms with Crippen LogP contribution in [0.15, 0.2) is 28.7 Å². The molecular weight excluding hydrogens is 352 g/mol. The second-order valence-electron chi connectivity index (χ2n) is 6.38. The Morgan fingerprint density at radius 1 is 1.32 bits per heavy atom. The molecular formula is C16H19F2N3O3S. The minimum absolute atomic E-state index is 0.0762. The van der Waals surface area contributed by atoms with Gasteiger partial charge in [-0.1, -0.05) is 0 Å². The van der Waals surface area contributed by atoms with Crippen LogP contribution >= 0.6 is 12.2 Å². The second kappa shape index (κ2) is 7.19. The zero-order chi connectivity index (χ0) is 18.0. The summed E-state index contributed by atoms with van der Waals surface area (Å²) in [6.45, 7) is 3.92. The molecule has 1 aromatic carbocycles. The van der Waals surface area contributed by atoms with Crippen molar-refractivity contribution in [3.8, 4) is 17.2 Å². The number of rotatable bonds is 5. The first-order valence-corrected chi connectivity index (χ1v) is 8.23. The Morgan fingerprint density at radius 2 is 2.04 bits per heavy atom. The Kier molecular flexibility index (Phi) is 5.16. The molecule has 9 heteroatoms. The molecule has 0 saturated carbocycles. The number of benzene rings is 1. The number of hydrogen-bond acceptors (Lipinski definition) is 6. The quantitative estimate of drug-likeness (QED) is 0.750. The summed E-state index contributed by atoms with van der Waals surface area (Å²) in [5.41, 5.74) is 0.418. The normalized spacial score (nSPS) is 17.8. The molecule has 6 nitrogen and oxygen atoms in total. The third-order valence-corrected chi connectivity index (χ3v) is 4.07. The number of hydrogen-bond donors (Lipinski definition) is 0. The predicted octanol–water partition coefficient (Wildman–Crippen LogP) is 3.54. The molecule has 3 rings (SSSR count). The minimum atomic E-state index is -2.85. The van der Waals surface area contributed by atoms with Gasteiger partial charge in [0.05, 0.1) is 18.9 Å². The summed E-state index contributed by atoms with van der Waals surface area (Å²) >= 11 is 5.23. The maximum Gasteiger partial charge on any atom is 0.387 e. The lowest BCUT2D eigenvalue weighted by molar-refractivity contribution is -0.0948. The van der Waals surface area contributed by atoms with Crippen molar-refractivity contribution in [3.63, 3.8) is 0 Å². The van der Waals surface area contributed by atoms with Gasteiger partial charge in [-0.3, -0.25) is 4.90 Å². The summed E-state index contributed by atoms with van der Waals surface area (Å²) < 4.78 is 41.5. The van der Waals surface area contributed by atoms with E-state index < -0.39 is 6.61 Å². The maximum absolute atomic E-state index is 12.2. The van der Waals surface area contributed by atoms with E-state index in [9.17, 15) is 8.78 Å². The van der Waals surface area contributed by atoms with E-state index in [1.807, 2.05) is 13.8 Å². The van der Waals surface area contributed by atoms with Crippen molar-refractivity contribution in [1.82, 2.24) is 14.7 Å². The number of halogens is 2. The van der Waals surface area contributed by atoms with Gasteiger partial charge >= 0.3 is 6.61 Å². The summed E-state index contributed by atoms with van der Waals surface area (Å²) in [6.07, 6.45) is 0. The van der Waals surface area contributed by atoms with Crippen LogP contribution in [-0.4, -0.2) is 46.6 Å². The van der Waals surface area contributed by atoms with Crippen molar-refractivity contribution in [1.29, 1.82) is 0 Å². The molecule has 0 spiro atoms. The van der Waals surface area contributed by atoms with Crippen LogP contribution in [0.5, 0.6) is 5.75 Å². The van der Waals surface area contributed by atoms with Gasteiger partial charge in [0.2, 0.25) is 5.89 Å². The summed E-state index contributed by atoms with van der Waals surface area (Å²) in [6, 6.07) is 6.06. The van der Waals surface area contributed by atoms with E-state index in [1.54, 1.807) is 16.8 Å². The molecule has 0 N–H and O–H groups in total. The van der Waals surface area contributed by atoms with E-state index in [0.717, 1.165) is 13.1 Å². The number of ether oxygens (including phenoxy) is 2. The van der Waals surface area contributed by atoms with Crippen molar-refractivity contribution in [3.05, 3.63) is 29.1 Å². The summed E-state index contributed by atoms with van der Waals surface area (Å²) in [4.78, 5) is 2.44. The van der Waals surface area contributed by atoms with Gasteiger partial charge in [0.1, 0.15) is 5.75 Å². The third-order valence-electron chi connectivity index (χ3n) is 3.77. The summed E-state index contributed by atoms with van der Waals surface area (Å²) in [7, 11) is 0. The SMILES string of the molecule is CC1(C)CN(Cn2nc(-c3ccc(OC(F)F)cc3)oc2=S)CCO1. The highest BCUT2D eigenvalue weighted by atomic mass is 32.1. The van der Waals surface area contributed by atoms with Crippen LogP contribution in [-0.2, 0) is 11.4 Å². The van der Waals surface area contributed by atoms with Gasteiger partial charge in [-0.2, -0.15) is 8.78 Å². The molecule has 1 saturated heterocycles. The van der Waals surface area contributed by atoms with Crippen LogP contribution in [0.3, 0.4) is 0 Å². The standard InChI is InChI=1S/C16H19F2N3O3S/c1-16(2)9-20(7-8-22-16)10-21-15(25)24-13(19-21)11-3-5-12(6-4-11)23-14(17)18/h3-6,14H,7-10H2,1-2H3. The monoisotopic (exact) mass is 371 g/mol. The van der Waals surface area contributed by atoms with Crippen LogP contribution in [0.2, 0.25) is 0 Å². The summed E-state index contributed by atoms with van der Waals surface area (Å²) in [5, 5.41) is 4.39. The van der Waals surface area contributed by atoms with Gasteiger partial charge in [0.15, 0.2) is 0 Å². The molecule has 0 unspecified atom stereocenters. The topological polar surface area (TPSA) is 52.7 Å². The van der Waals surface area contributed by atoms with E-state index in [2.05, 4.69) is 14.7 Å². The average molecular weight is 371 g/mol. The average Bonchev–Trinajstić information content (AvgIpc) is 2.87. The number of nitrogens with zero attached hydrogens (tertiary/aromatic N) is 3. The van der Waals surface area contributed by atoms with Crippen molar-refractivity contribution in [2.24, 2.45) is 0 Å². The molecule has 136 valence electrons. The fourth-order valence-corrected chi connectivity index (χ4v) is 2.89. The van der Waals surface area contributed by atoms with E-state index in [0.29, 0.717) is 24.7 Å². The molecule has 1 aliphatic heterocycles. The van der Waals surface area contributed by atoms with E-state index in [1.165, 1.54) is 12.1 Å². The lowest BCUT2D eigenvalue weighted by atomic mass is 10.1. The first kappa shape index (κ1) is 18.0. The molecule has 25 heavy (non-hydrogen) atoms. The number of alkyl halides is 2. The second-order valence-corrected chi connectivity index (χ2v) is 6.73. The minimum Gasteiger partial charge on any atom is -0.435 e. The van der Waals surface area contributed by atoms with Gasteiger partial charge in [0, 0.05) is 18.7 Å². The molecule has 2 heterocycles. The summed E-state index contributed by atoms with van der Waals surface area (Å²) in [5.74, 6) is 0.411. The highest BCUT2D eigenvalue weighted by Gasteiger charge is 2.27. The van der Waals surface area contributed by atoms with E-state index in [-0.39, 0.29) is 16.2 Å². The Hall–Kier alpha value is -1.84. The fraction of sp³-hybridized carbons (Fsp3) is 0.500. The molecule has 1 fully saturated rings. The Balaban J connectivity index is 1.73. The van der Waals surface area contributed by atoms with E-state index >= 15 is 0 Å². The van der Waals surface area contributed by atoms with Gasteiger partial charge < -0.3 is 13.9 Å². The zero-order valence-corrected chi connectivity index (χ0v) is 14.8. The Bertz CT molecular complexity index is 774. The van der Waals surface area contributed by atoms with Crippen LogP contribution in [0.1, 0.15) is 13.8 Å². The van der Waals surface area contributed by atoms with Gasteiger partial charge in [-0.25, -0.2) is 4.68 Å². The molecule has 0 atom stereocenters. The Morgan fingerprint density at radius 3 is 2.68 bits per heavy atom. The van der Waals surface area contributed by atoms with Crippen LogP contribution in [0.4, 0.5) is 8.78 Å². The lowest BCUT2D eigenvalue weighted by Gasteiger charge is -2.37. The molecule has 2 aromatic rings. The highest BCUT2D eigenvalue weighted by Crippen LogP contribution is 2.23. The number of morpholine rings is 1. The van der Waals surface area contributed by atoms with Gasteiger partial charge in [-0.15, -0.1) is 5.10 Å². The molecule has 1 aliphatic rings. The van der Waals surface area contributed by atoms with E-state index in [4.69, 9.17) is 21.4 Å². The highest BCUT2D eigenvalue weighted by molar-refractivity contribution is 7.71. The maximum atomic E-state index is 12.2. The van der Waals surface area contributed by atoms with Gasteiger partial charge in [0.25, 0.3) is 4.84 Å². The lowest BCUT2D eigenvalue weighted by Crippen LogP contribution is -2.48. The van der Waals surface area contributed by atoms with Crippen molar-refractivity contribution < 1.29 is 22.7 Å². The third kappa shape index (κ3) is 4.62. The van der Waals surface area contributed by atoms with Crippen LogP contribution in [0, 0.1) is 4.84 Å². The first-order chi connectivity index (χ1) is 11.8. The van der Waals surface area contributed by atoms with Crippen molar-refractivity contribution >= 4 is 12.2 Å². The van der Waals surface area contributed by atoms with Crippen molar-refractivity contribution in [2.45, 2.75) is 32.7 Å². The molecule has 1 aromatic heterocycles.